The number of unbranched alkanes of at least 4 members (excludes halogenated alkanes) is 1. The summed E-state index contributed by atoms with van der Waals surface area (Å²) >= 11 is 0. The molecule has 1 aliphatic rings. The average molecular weight is 266 g/mol. The van der Waals surface area contributed by atoms with E-state index in [1.807, 2.05) is 0 Å². The molecule has 1 heterocycles. The number of rotatable bonds is 5. The van der Waals surface area contributed by atoms with Crippen LogP contribution in [0.3, 0.4) is 0 Å². The van der Waals surface area contributed by atoms with Crippen LogP contribution >= 0.6 is 0 Å². The predicted octanol–water partition coefficient (Wildman–Crippen LogP) is 2.67. The summed E-state index contributed by atoms with van der Waals surface area (Å²) in [5.41, 5.74) is 0.732. The average Bonchev–Trinajstić information content (AvgIpc) is 2.44. The van der Waals surface area contributed by atoms with Crippen LogP contribution in [0, 0.1) is 5.82 Å². The molecule has 106 valence electrons. The molecule has 1 aliphatic heterocycles. The van der Waals surface area contributed by atoms with E-state index in [4.69, 9.17) is 0 Å². The maximum Gasteiger partial charge on any atom is 0.123 e. The topological polar surface area (TPSA) is 35.5 Å². The van der Waals surface area contributed by atoms with Crippen LogP contribution in [0.2, 0.25) is 0 Å². The van der Waals surface area contributed by atoms with Crippen LogP contribution in [-0.2, 0) is 0 Å². The van der Waals surface area contributed by atoms with Crippen molar-refractivity contribution < 1.29 is 9.50 Å². The van der Waals surface area contributed by atoms with Crippen molar-refractivity contribution in [3.05, 3.63) is 29.6 Å². The molecule has 1 fully saturated rings. The summed E-state index contributed by atoms with van der Waals surface area (Å²) in [6, 6.07) is 4.38. The van der Waals surface area contributed by atoms with E-state index in [2.05, 4.69) is 17.1 Å². The first-order chi connectivity index (χ1) is 9.22. The van der Waals surface area contributed by atoms with Crippen molar-refractivity contribution >= 4 is 0 Å². The fraction of sp³-hybridized carbons (Fsp3) is 0.600. The normalized spacial score (nSPS) is 18.4. The number of nitrogens with zero attached hydrogens (tertiary/aromatic N) is 1. The zero-order chi connectivity index (χ0) is 13.7. The van der Waals surface area contributed by atoms with Gasteiger partial charge in [0, 0.05) is 37.8 Å². The first-order valence-electron chi connectivity index (χ1n) is 7.15. The van der Waals surface area contributed by atoms with Crippen LogP contribution in [-0.4, -0.2) is 36.2 Å². The second-order valence-corrected chi connectivity index (χ2v) is 5.15. The van der Waals surface area contributed by atoms with Gasteiger partial charge in [-0.25, -0.2) is 4.39 Å². The molecule has 1 aromatic carbocycles. The van der Waals surface area contributed by atoms with Crippen LogP contribution in [0.4, 0.5) is 4.39 Å². The van der Waals surface area contributed by atoms with Gasteiger partial charge in [-0.1, -0.05) is 19.8 Å². The summed E-state index contributed by atoms with van der Waals surface area (Å²) < 4.78 is 13.5. The molecule has 0 bridgehead atoms. The monoisotopic (exact) mass is 266 g/mol. The van der Waals surface area contributed by atoms with Gasteiger partial charge in [0.2, 0.25) is 0 Å². The number of hydrogen-bond acceptors (Lipinski definition) is 3. The van der Waals surface area contributed by atoms with E-state index in [0.717, 1.165) is 51.0 Å². The molecule has 1 atom stereocenters. The minimum atomic E-state index is -0.274. The van der Waals surface area contributed by atoms with Gasteiger partial charge >= 0.3 is 0 Å². The number of phenols is 1. The van der Waals surface area contributed by atoms with Crippen LogP contribution in [0.25, 0.3) is 0 Å². The highest BCUT2D eigenvalue weighted by molar-refractivity contribution is 5.35. The van der Waals surface area contributed by atoms with Crippen molar-refractivity contribution in [2.24, 2.45) is 0 Å². The van der Waals surface area contributed by atoms with Gasteiger partial charge in [0.05, 0.1) is 0 Å². The van der Waals surface area contributed by atoms with E-state index in [0.29, 0.717) is 0 Å². The van der Waals surface area contributed by atoms with Crippen molar-refractivity contribution in [1.29, 1.82) is 0 Å². The Kier molecular flexibility index (Phi) is 5.16. The Morgan fingerprint density at radius 2 is 2.11 bits per heavy atom. The fourth-order valence-electron chi connectivity index (χ4n) is 2.72. The van der Waals surface area contributed by atoms with E-state index in [1.54, 1.807) is 0 Å². The minimum Gasteiger partial charge on any atom is -0.508 e. The Bertz CT molecular complexity index is 405. The zero-order valence-corrected chi connectivity index (χ0v) is 11.5. The van der Waals surface area contributed by atoms with Crippen LogP contribution in [0.15, 0.2) is 18.2 Å². The van der Waals surface area contributed by atoms with Crippen molar-refractivity contribution in [1.82, 2.24) is 10.2 Å². The Labute approximate surface area is 114 Å². The Morgan fingerprint density at radius 3 is 2.79 bits per heavy atom. The summed E-state index contributed by atoms with van der Waals surface area (Å²) in [7, 11) is 0. The molecule has 0 unspecified atom stereocenters. The van der Waals surface area contributed by atoms with Gasteiger partial charge in [0.15, 0.2) is 0 Å². The van der Waals surface area contributed by atoms with E-state index >= 15 is 0 Å². The number of halogens is 1. The lowest BCUT2D eigenvalue weighted by atomic mass is 9.97. The van der Waals surface area contributed by atoms with Crippen LogP contribution < -0.4 is 5.32 Å². The molecule has 0 radical (unpaired) electrons. The quantitative estimate of drug-likeness (QED) is 0.860. The highest BCUT2D eigenvalue weighted by Gasteiger charge is 2.24. The van der Waals surface area contributed by atoms with E-state index in [1.165, 1.54) is 18.2 Å². The van der Waals surface area contributed by atoms with E-state index in [9.17, 15) is 9.50 Å². The highest BCUT2D eigenvalue weighted by Crippen LogP contribution is 2.33. The summed E-state index contributed by atoms with van der Waals surface area (Å²) in [4.78, 5) is 2.35. The lowest BCUT2D eigenvalue weighted by molar-refractivity contribution is 0.160. The molecular weight excluding hydrogens is 243 g/mol. The smallest absolute Gasteiger partial charge is 0.123 e. The van der Waals surface area contributed by atoms with E-state index in [-0.39, 0.29) is 17.6 Å². The summed E-state index contributed by atoms with van der Waals surface area (Å²) in [5, 5.41) is 13.4. The Balaban J connectivity index is 2.22. The predicted molar refractivity (Wildman–Crippen MR) is 74.8 cm³/mol. The molecule has 2 rings (SSSR count). The molecule has 4 heteroatoms. The molecule has 0 saturated carbocycles. The molecule has 0 aromatic heterocycles. The number of hydrogen-bond donors (Lipinski definition) is 2. The Hall–Kier alpha value is -1.13. The highest BCUT2D eigenvalue weighted by atomic mass is 19.1. The zero-order valence-electron chi connectivity index (χ0n) is 11.5. The van der Waals surface area contributed by atoms with Gasteiger partial charge < -0.3 is 10.4 Å². The maximum absolute atomic E-state index is 13.5. The van der Waals surface area contributed by atoms with Crippen LogP contribution in [0.5, 0.6) is 5.75 Å². The van der Waals surface area contributed by atoms with Crippen molar-refractivity contribution in [3.63, 3.8) is 0 Å². The molecule has 1 aromatic rings. The second kappa shape index (κ2) is 6.87. The molecule has 1 saturated heterocycles. The van der Waals surface area contributed by atoms with Gasteiger partial charge in [-0.2, -0.15) is 0 Å². The van der Waals surface area contributed by atoms with Crippen molar-refractivity contribution in [2.45, 2.75) is 32.2 Å². The second-order valence-electron chi connectivity index (χ2n) is 5.15. The maximum atomic E-state index is 13.5. The molecule has 3 nitrogen and oxygen atoms in total. The molecular formula is C15H23FN2O. The number of piperazine rings is 1. The lowest BCUT2D eigenvalue weighted by Gasteiger charge is -2.35. The van der Waals surface area contributed by atoms with E-state index < -0.39 is 0 Å². The molecule has 19 heavy (non-hydrogen) atoms. The summed E-state index contributed by atoms with van der Waals surface area (Å²) in [6.45, 7) is 5.96. The SMILES string of the molecule is CCCC[C@@H](c1cc(F)ccc1O)N1CCNCC1. The number of benzene rings is 1. The Morgan fingerprint density at radius 1 is 1.37 bits per heavy atom. The number of phenolic OH excluding ortho intramolecular Hbond substituents is 1. The minimum absolute atomic E-state index is 0.123. The number of aromatic hydroxyl groups is 1. The van der Waals surface area contributed by atoms with Gasteiger partial charge in [-0.15, -0.1) is 0 Å². The number of nitrogens with one attached hydrogen (secondary N) is 1. The van der Waals surface area contributed by atoms with Gasteiger partial charge in [0.1, 0.15) is 11.6 Å². The van der Waals surface area contributed by atoms with Gasteiger partial charge in [-0.3, -0.25) is 4.90 Å². The van der Waals surface area contributed by atoms with Crippen molar-refractivity contribution in [2.75, 3.05) is 26.2 Å². The third kappa shape index (κ3) is 3.67. The van der Waals surface area contributed by atoms with Gasteiger partial charge in [0.25, 0.3) is 0 Å². The third-order valence-electron chi connectivity index (χ3n) is 3.77. The summed E-state index contributed by atoms with van der Waals surface area (Å²) in [5.74, 6) is -0.0644. The first-order valence-corrected chi connectivity index (χ1v) is 7.15. The summed E-state index contributed by atoms with van der Waals surface area (Å²) in [6.07, 6.45) is 3.16. The molecule has 0 aliphatic carbocycles. The fourth-order valence-corrected chi connectivity index (χ4v) is 2.72. The molecule has 0 amide bonds. The van der Waals surface area contributed by atoms with Crippen molar-refractivity contribution in [3.8, 4) is 5.75 Å². The molecule has 2 N–H and O–H groups in total. The molecule has 0 spiro atoms. The van der Waals surface area contributed by atoms with Gasteiger partial charge in [-0.05, 0) is 24.6 Å². The third-order valence-corrected chi connectivity index (χ3v) is 3.77. The van der Waals surface area contributed by atoms with Crippen LogP contribution in [0.1, 0.15) is 37.8 Å². The largest absolute Gasteiger partial charge is 0.508 e. The standard InChI is InChI=1S/C15H23FN2O/c1-2-3-4-14(18-9-7-17-8-10-18)13-11-12(16)5-6-15(13)19/h5-6,11,14,17,19H,2-4,7-10H2,1H3/t14-/m0/s1. The lowest BCUT2D eigenvalue weighted by Crippen LogP contribution is -2.45. The first kappa shape index (κ1) is 14.3.